The van der Waals surface area contributed by atoms with Gasteiger partial charge in [-0.25, -0.2) is 4.68 Å². The Labute approximate surface area is 219 Å². The van der Waals surface area contributed by atoms with Crippen LogP contribution in [0, 0.1) is 17.8 Å². The lowest BCUT2D eigenvalue weighted by molar-refractivity contribution is -0.137. The fourth-order valence-electron chi connectivity index (χ4n) is 6.29. The second kappa shape index (κ2) is 9.80. The van der Waals surface area contributed by atoms with Gasteiger partial charge in [0.05, 0.1) is 30.1 Å². The topological polar surface area (TPSA) is 59.4 Å². The van der Waals surface area contributed by atoms with E-state index in [1.165, 1.54) is 23.2 Å². The highest BCUT2D eigenvalue weighted by Crippen LogP contribution is 2.47. The molecule has 3 aliphatic carbocycles. The minimum absolute atomic E-state index is 0.0390. The Morgan fingerprint density at radius 3 is 2.38 bits per heavy atom. The lowest BCUT2D eigenvalue weighted by Gasteiger charge is -2.39. The van der Waals surface area contributed by atoms with Crippen LogP contribution in [0.5, 0.6) is 0 Å². The molecule has 0 amide bonds. The van der Waals surface area contributed by atoms with Crippen LogP contribution in [0.3, 0.4) is 0 Å². The normalized spacial score (nSPS) is 29.5. The van der Waals surface area contributed by atoms with E-state index in [1.807, 2.05) is 0 Å². The van der Waals surface area contributed by atoms with E-state index in [0.29, 0.717) is 29.5 Å². The smallest absolute Gasteiger partial charge is 0.382 e. The average molecular weight is 537 g/mol. The third-order valence-electron chi connectivity index (χ3n) is 8.58. The standard InChI is InChI=1S/C27H32ClF3N4O2/c28-25-24(32-12-17-15-37-14-16-11-23(16)17)13-33-35(26(25)36)22-9-7-21(8-10-22)34(20-5-6-20)19-3-1-18(2-4-19)27(29,30)31/h1-4,13,16-17,20-23,32H,5-12,14-15H2/t16-,17+,21-,22-,23-/m0/s1. The van der Waals surface area contributed by atoms with E-state index in [1.54, 1.807) is 18.3 Å². The molecule has 0 spiro atoms. The SMILES string of the molecule is O=c1c(Cl)c(NC[C@@H]2COC[C@@H]3C[C@H]23)cnn1[C@H]1CC[C@H](N(c2ccc(C(F)(F)F)cc2)C2CC2)CC1. The number of hydrogen-bond donors (Lipinski definition) is 1. The summed E-state index contributed by atoms with van der Waals surface area (Å²) in [4.78, 5) is 15.4. The van der Waals surface area contributed by atoms with E-state index < -0.39 is 11.7 Å². The molecule has 37 heavy (non-hydrogen) atoms. The highest BCUT2D eigenvalue weighted by Gasteiger charge is 2.46. The van der Waals surface area contributed by atoms with Crippen LogP contribution in [0.25, 0.3) is 0 Å². The van der Waals surface area contributed by atoms with Gasteiger partial charge in [0.1, 0.15) is 5.02 Å². The molecule has 4 fully saturated rings. The number of nitrogens with zero attached hydrogens (tertiary/aromatic N) is 3. The van der Waals surface area contributed by atoms with Crippen LogP contribution in [0.2, 0.25) is 5.02 Å². The molecule has 6 nitrogen and oxygen atoms in total. The molecule has 3 saturated carbocycles. The Bertz CT molecular complexity index is 1180. The Kier molecular flexibility index (Phi) is 6.63. The van der Waals surface area contributed by atoms with Gasteiger partial charge in [0.25, 0.3) is 5.56 Å². The molecule has 3 atom stereocenters. The number of anilines is 2. The molecule has 1 aromatic heterocycles. The number of ether oxygens (including phenoxy) is 1. The highest BCUT2D eigenvalue weighted by atomic mass is 35.5. The molecular weight excluding hydrogens is 505 g/mol. The third-order valence-corrected chi connectivity index (χ3v) is 8.95. The minimum atomic E-state index is -4.34. The van der Waals surface area contributed by atoms with E-state index >= 15 is 0 Å². The summed E-state index contributed by atoms with van der Waals surface area (Å²) < 4.78 is 46.2. The molecule has 1 N–H and O–H groups in total. The van der Waals surface area contributed by atoms with Crippen LogP contribution >= 0.6 is 11.6 Å². The van der Waals surface area contributed by atoms with Crippen molar-refractivity contribution in [2.24, 2.45) is 17.8 Å². The molecule has 0 unspecified atom stereocenters. The summed E-state index contributed by atoms with van der Waals surface area (Å²) in [7, 11) is 0. The number of aromatic nitrogens is 2. The molecule has 1 saturated heterocycles. The van der Waals surface area contributed by atoms with Crippen molar-refractivity contribution in [1.82, 2.24) is 9.78 Å². The zero-order valence-corrected chi connectivity index (χ0v) is 21.3. The Hall–Kier alpha value is -2.26. The van der Waals surface area contributed by atoms with E-state index in [2.05, 4.69) is 15.3 Å². The van der Waals surface area contributed by atoms with Crippen LogP contribution < -0.4 is 15.8 Å². The van der Waals surface area contributed by atoms with Crippen molar-refractivity contribution in [3.63, 3.8) is 0 Å². The largest absolute Gasteiger partial charge is 0.416 e. The van der Waals surface area contributed by atoms with Crippen LogP contribution in [0.4, 0.5) is 24.5 Å². The fourth-order valence-corrected chi connectivity index (χ4v) is 6.49. The van der Waals surface area contributed by atoms with Gasteiger partial charge in [-0.15, -0.1) is 0 Å². The van der Waals surface area contributed by atoms with Gasteiger partial charge in [-0.3, -0.25) is 4.79 Å². The van der Waals surface area contributed by atoms with Gasteiger partial charge in [-0.2, -0.15) is 18.3 Å². The molecule has 4 aliphatic rings. The first-order valence-corrected chi connectivity index (χ1v) is 13.7. The number of benzene rings is 1. The average Bonchev–Trinajstić information content (AvgIpc) is 3.81. The number of rotatable bonds is 7. The van der Waals surface area contributed by atoms with Gasteiger partial charge >= 0.3 is 6.18 Å². The monoisotopic (exact) mass is 536 g/mol. The third kappa shape index (κ3) is 5.21. The lowest BCUT2D eigenvalue weighted by Crippen LogP contribution is -2.41. The van der Waals surface area contributed by atoms with Gasteiger partial charge in [-0.05, 0) is 81.0 Å². The molecule has 1 aliphatic heterocycles. The Morgan fingerprint density at radius 2 is 1.73 bits per heavy atom. The quantitative estimate of drug-likeness (QED) is 0.487. The predicted octanol–water partition coefficient (Wildman–Crippen LogP) is 5.76. The number of nitrogens with one attached hydrogen (secondary N) is 1. The van der Waals surface area contributed by atoms with E-state index in [4.69, 9.17) is 16.3 Å². The minimum Gasteiger partial charge on any atom is -0.382 e. The summed E-state index contributed by atoms with van der Waals surface area (Å²) >= 11 is 6.48. The van der Waals surface area contributed by atoms with Crippen molar-refractivity contribution in [2.45, 2.75) is 69.2 Å². The summed E-state index contributed by atoms with van der Waals surface area (Å²) in [6.07, 6.45) is 3.89. The molecule has 1 aromatic carbocycles. The molecule has 6 rings (SSSR count). The van der Waals surface area contributed by atoms with Crippen molar-refractivity contribution in [1.29, 1.82) is 0 Å². The second-order valence-electron chi connectivity index (χ2n) is 11.1. The number of halogens is 4. The van der Waals surface area contributed by atoms with Crippen LogP contribution in [-0.4, -0.2) is 41.6 Å². The Morgan fingerprint density at radius 1 is 1.05 bits per heavy atom. The summed E-state index contributed by atoms with van der Waals surface area (Å²) in [5, 5.41) is 7.96. The summed E-state index contributed by atoms with van der Waals surface area (Å²) in [6, 6.07) is 6.09. The molecule has 200 valence electrons. The maximum Gasteiger partial charge on any atom is 0.416 e. The predicted molar refractivity (Wildman–Crippen MR) is 136 cm³/mol. The zero-order valence-electron chi connectivity index (χ0n) is 20.6. The van der Waals surface area contributed by atoms with Gasteiger partial charge in [-0.1, -0.05) is 11.6 Å². The molecule has 2 aromatic rings. The van der Waals surface area contributed by atoms with E-state index in [-0.39, 0.29) is 22.7 Å². The number of fused-ring (bicyclic) bond motifs is 1. The van der Waals surface area contributed by atoms with Crippen molar-refractivity contribution < 1.29 is 17.9 Å². The van der Waals surface area contributed by atoms with Crippen LogP contribution in [-0.2, 0) is 10.9 Å². The van der Waals surface area contributed by atoms with Crippen molar-refractivity contribution in [3.05, 3.63) is 51.4 Å². The summed E-state index contributed by atoms with van der Waals surface area (Å²) in [5.41, 5.74) is 0.510. The Balaban J connectivity index is 1.09. The fraction of sp³-hybridized carbons (Fsp3) is 0.630. The van der Waals surface area contributed by atoms with Crippen LogP contribution in [0.15, 0.2) is 35.3 Å². The number of hydrogen-bond acceptors (Lipinski definition) is 5. The first kappa shape index (κ1) is 25.0. The van der Waals surface area contributed by atoms with Crippen molar-refractivity contribution >= 4 is 23.0 Å². The lowest BCUT2D eigenvalue weighted by atomic mass is 9.89. The summed E-state index contributed by atoms with van der Waals surface area (Å²) in [5.74, 6) is 1.83. The summed E-state index contributed by atoms with van der Waals surface area (Å²) in [6.45, 7) is 2.33. The second-order valence-corrected chi connectivity index (χ2v) is 11.5. The molecule has 10 heteroatoms. The first-order chi connectivity index (χ1) is 17.8. The molecule has 0 bridgehead atoms. The molecule has 0 radical (unpaired) electrons. The zero-order chi connectivity index (χ0) is 25.7. The maximum absolute atomic E-state index is 13.1. The van der Waals surface area contributed by atoms with Gasteiger partial charge in [0.2, 0.25) is 0 Å². The van der Waals surface area contributed by atoms with Crippen molar-refractivity contribution in [3.8, 4) is 0 Å². The van der Waals surface area contributed by atoms with E-state index in [9.17, 15) is 18.0 Å². The highest BCUT2D eigenvalue weighted by molar-refractivity contribution is 6.32. The van der Waals surface area contributed by atoms with Crippen LogP contribution in [0.1, 0.15) is 56.6 Å². The molecular formula is C27H32ClF3N4O2. The van der Waals surface area contributed by atoms with Crippen molar-refractivity contribution in [2.75, 3.05) is 30.0 Å². The van der Waals surface area contributed by atoms with Gasteiger partial charge in [0, 0.05) is 36.8 Å². The molecule has 2 heterocycles. The number of alkyl halides is 3. The van der Waals surface area contributed by atoms with E-state index in [0.717, 1.165) is 64.0 Å². The van der Waals surface area contributed by atoms with Gasteiger partial charge in [0.15, 0.2) is 0 Å². The van der Waals surface area contributed by atoms with Gasteiger partial charge < -0.3 is 15.0 Å². The first-order valence-electron chi connectivity index (χ1n) is 13.3. The maximum atomic E-state index is 13.1.